The minimum absolute atomic E-state index is 0.507. The Morgan fingerprint density at radius 3 is 2.69 bits per heavy atom. The lowest BCUT2D eigenvalue weighted by atomic mass is 10.1. The van der Waals surface area contributed by atoms with Crippen molar-refractivity contribution in [2.45, 2.75) is 11.9 Å². The molecular formula is C13H11BrN2. The molecule has 0 amide bonds. The van der Waals surface area contributed by atoms with E-state index in [1.807, 2.05) is 24.4 Å². The molecule has 2 aromatic rings. The molecule has 80 valence electrons. The molecule has 16 heavy (non-hydrogen) atoms. The molecule has 0 aliphatic heterocycles. The van der Waals surface area contributed by atoms with Gasteiger partial charge in [0.05, 0.1) is 5.69 Å². The van der Waals surface area contributed by atoms with Crippen molar-refractivity contribution in [2.75, 3.05) is 0 Å². The Hall–Kier alpha value is -1.53. The molecule has 0 radical (unpaired) electrons. The third-order valence-corrected chi connectivity index (χ3v) is 2.89. The number of nitrogens with zero attached hydrogens (tertiary/aromatic N) is 2. The van der Waals surface area contributed by atoms with Gasteiger partial charge in [-0.2, -0.15) is 5.10 Å². The van der Waals surface area contributed by atoms with Gasteiger partial charge in [-0.15, -0.1) is 6.42 Å². The Kier molecular flexibility index (Phi) is 3.43. The zero-order chi connectivity index (χ0) is 11.4. The molecule has 3 heteroatoms. The molecule has 1 aromatic heterocycles. The third kappa shape index (κ3) is 2.17. The zero-order valence-corrected chi connectivity index (χ0v) is 10.3. The highest BCUT2D eigenvalue weighted by molar-refractivity contribution is 9.08. The van der Waals surface area contributed by atoms with Gasteiger partial charge in [0.2, 0.25) is 0 Å². The Balaban J connectivity index is 2.44. The molecular weight excluding hydrogens is 264 g/mol. The fourth-order valence-corrected chi connectivity index (χ4v) is 1.98. The monoisotopic (exact) mass is 274 g/mol. The van der Waals surface area contributed by atoms with Crippen molar-refractivity contribution in [2.24, 2.45) is 0 Å². The zero-order valence-electron chi connectivity index (χ0n) is 8.73. The summed E-state index contributed by atoms with van der Waals surface area (Å²) in [6.07, 6.45) is 7.26. The van der Waals surface area contributed by atoms with Crippen LogP contribution >= 0.6 is 15.9 Å². The van der Waals surface area contributed by atoms with E-state index in [9.17, 15) is 0 Å². The number of hydrogen-bond acceptors (Lipinski definition) is 1. The first-order valence-electron chi connectivity index (χ1n) is 4.96. The topological polar surface area (TPSA) is 17.8 Å². The second-order valence-corrected chi connectivity index (χ2v) is 3.97. The molecule has 0 spiro atoms. The van der Waals surface area contributed by atoms with Crippen LogP contribution in [0.2, 0.25) is 0 Å². The lowest BCUT2D eigenvalue weighted by molar-refractivity contribution is 0.718. The second kappa shape index (κ2) is 5.00. The second-order valence-electron chi connectivity index (χ2n) is 3.40. The number of rotatable bonds is 3. The first-order valence-corrected chi connectivity index (χ1v) is 6.08. The van der Waals surface area contributed by atoms with E-state index in [-0.39, 0.29) is 0 Å². The summed E-state index contributed by atoms with van der Waals surface area (Å²) in [5, 5.41) is 5.26. The van der Waals surface area contributed by atoms with Crippen LogP contribution in [0, 0.1) is 12.3 Å². The lowest BCUT2D eigenvalue weighted by Crippen LogP contribution is -1.95. The maximum atomic E-state index is 5.28. The molecule has 0 aliphatic rings. The van der Waals surface area contributed by atoms with Crippen LogP contribution in [0.5, 0.6) is 0 Å². The molecule has 0 fully saturated rings. The van der Waals surface area contributed by atoms with Gasteiger partial charge in [-0.1, -0.05) is 52.2 Å². The normalized spacial score (nSPS) is 10.0. The number of terminal acetylenes is 1. The largest absolute Gasteiger partial charge is 0.260 e. The first-order chi connectivity index (χ1) is 7.85. The first kappa shape index (κ1) is 11.0. The summed E-state index contributed by atoms with van der Waals surface area (Å²) >= 11 is 3.47. The van der Waals surface area contributed by atoms with Crippen molar-refractivity contribution < 1.29 is 0 Å². The Morgan fingerprint density at radius 2 is 2.06 bits per heavy atom. The van der Waals surface area contributed by atoms with Crippen LogP contribution in [0.1, 0.15) is 5.56 Å². The summed E-state index contributed by atoms with van der Waals surface area (Å²) in [4.78, 5) is 0. The predicted octanol–water partition coefficient (Wildman–Crippen LogP) is 3.08. The number of halogens is 1. The van der Waals surface area contributed by atoms with Crippen molar-refractivity contribution >= 4 is 15.9 Å². The molecule has 2 nitrogen and oxygen atoms in total. The smallest absolute Gasteiger partial charge is 0.101 e. The number of benzene rings is 1. The molecule has 0 bridgehead atoms. The highest BCUT2D eigenvalue weighted by Crippen LogP contribution is 2.23. The fraction of sp³-hybridized carbons (Fsp3) is 0.154. The van der Waals surface area contributed by atoms with Crippen LogP contribution < -0.4 is 0 Å². The van der Waals surface area contributed by atoms with Crippen molar-refractivity contribution in [3.8, 4) is 23.6 Å². The average molecular weight is 275 g/mol. The average Bonchev–Trinajstić information content (AvgIpc) is 2.74. The summed E-state index contributed by atoms with van der Waals surface area (Å²) in [6.45, 7) is 0.507. The minimum atomic E-state index is 0.507. The van der Waals surface area contributed by atoms with Crippen LogP contribution in [-0.4, -0.2) is 9.78 Å². The Labute approximate surface area is 103 Å². The molecule has 0 N–H and O–H groups in total. The van der Waals surface area contributed by atoms with E-state index in [2.05, 4.69) is 39.1 Å². The summed E-state index contributed by atoms with van der Waals surface area (Å²) < 4.78 is 1.79. The van der Waals surface area contributed by atoms with Crippen LogP contribution in [0.25, 0.3) is 11.3 Å². The number of aromatic nitrogens is 2. The molecule has 2 rings (SSSR count). The predicted molar refractivity (Wildman–Crippen MR) is 69.1 cm³/mol. The van der Waals surface area contributed by atoms with E-state index in [1.165, 1.54) is 0 Å². The Morgan fingerprint density at radius 1 is 1.31 bits per heavy atom. The fourth-order valence-electron chi connectivity index (χ4n) is 1.57. The quantitative estimate of drug-likeness (QED) is 0.621. The van der Waals surface area contributed by atoms with Gasteiger partial charge in [-0.05, 0) is 0 Å². The summed E-state index contributed by atoms with van der Waals surface area (Å²) in [5.41, 5.74) is 3.27. The van der Waals surface area contributed by atoms with E-state index in [0.29, 0.717) is 6.54 Å². The number of hydrogen-bond donors (Lipinski definition) is 0. The van der Waals surface area contributed by atoms with E-state index in [4.69, 9.17) is 6.42 Å². The van der Waals surface area contributed by atoms with Gasteiger partial charge in [0.25, 0.3) is 0 Å². The van der Waals surface area contributed by atoms with Crippen LogP contribution in [-0.2, 0) is 11.9 Å². The lowest BCUT2D eigenvalue weighted by Gasteiger charge is -1.98. The van der Waals surface area contributed by atoms with Crippen molar-refractivity contribution in [1.29, 1.82) is 0 Å². The molecule has 1 heterocycles. The highest BCUT2D eigenvalue weighted by Gasteiger charge is 2.09. The molecule has 0 unspecified atom stereocenters. The van der Waals surface area contributed by atoms with Gasteiger partial charge < -0.3 is 0 Å². The number of alkyl halides is 1. The van der Waals surface area contributed by atoms with Gasteiger partial charge in [-0.3, -0.25) is 4.68 Å². The summed E-state index contributed by atoms with van der Waals surface area (Å²) in [6, 6.07) is 10.1. The SMILES string of the molecule is C#CCn1cc(CBr)c(-c2ccccc2)n1. The molecule has 0 saturated carbocycles. The van der Waals surface area contributed by atoms with Crippen LogP contribution in [0.4, 0.5) is 0 Å². The highest BCUT2D eigenvalue weighted by atomic mass is 79.9. The van der Waals surface area contributed by atoms with Gasteiger partial charge in [-0.25, -0.2) is 0 Å². The van der Waals surface area contributed by atoms with Gasteiger partial charge >= 0.3 is 0 Å². The van der Waals surface area contributed by atoms with Crippen molar-refractivity contribution in [3.05, 3.63) is 42.1 Å². The van der Waals surface area contributed by atoms with E-state index >= 15 is 0 Å². The van der Waals surface area contributed by atoms with E-state index in [1.54, 1.807) is 4.68 Å². The summed E-state index contributed by atoms with van der Waals surface area (Å²) in [7, 11) is 0. The molecule has 0 saturated heterocycles. The van der Waals surface area contributed by atoms with Gasteiger partial charge in [0, 0.05) is 22.7 Å². The molecule has 0 aliphatic carbocycles. The van der Waals surface area contributed by atoms with Crippen molar-refractivity contribution in [3.63, 3.8) is 0 Å². The van der Waals surface area contributed by atoms with Crippen molar-refractivity contribution in [1.82, 2.24) is 9.78 Å². The maximum absolute atomic E-state index is 5.28. The van der Waals surface area contributed by atoms with E-state index < -0.39 is 0 Å². The Bertz CT molecular complexity index is 508. The van der Waals surface area contributed by atoms with E-state index in [0.717, 1.165) is 22.2 Å². The van der Waals surface area contributed by atoms with Crippen LogP contribution in [0.3, 0.4) is 0 Å². The maximum Gasteiger partial charge on any atom is 0.101 e. The van der Waals surface area contributed by atoms with Gasteiger partial charge in [0.1, 0.15) is 6.54 Å². The van der Waals surface area contributed by atoms with Gasteiger partial charge in [0.15, 0.2) is 0 Å². The standard InChI is InChI=1S/C13H11BrN2/c1-2-8-16-10-12(9-14)13(15-16)11-6-4-3-5-7-11/h1,3-7,10H,8-9H2. The third-order valence-electron chi connectivity index (χ3n) is 2.28. The minimum Gasteiger partial charge on any atom is -0.260 e. The van der Waals surface area contributed by atoms with Crippen LogP contribution in [0.15, 0.2) is 36.5 Å². The molecule has 1 aromatic carbocycles. The summed E-state index contributed by atoms with van der Waals surface area (Å²) in [5.74, 6) is 2.59. The molecule has 0 atom stereocenters.